The Morgan fingerprint density at radius 1 is 1.05 bits per heavy atom. The fourth-order valence-corrected chi connectivity index (χ4v) is 1.29. The highest BCUT2D eigenvalue weighted by Gasteiger charge is 2.11. The number of nitro benzene ring substituents is 1. The third kappa shape index (κ3) is 4.43. The van der Waals surface area contributed by atoms with Crippen LogP contribution in [0.4, 0.5) is 5.69 Å². The zero-order valence-electron chi connectivity index (χ0n) is 9.44. The van der Waals surface area contributed by atoms with Gasteiger partial charge in [-0.05, 0) is 29.9 Å². The maximum Gasteiger partial charge on any atom is 0.277 e. The summed E-state index contributed by atoms with van der Waals surface area (Å²) in [6, 6.07) is 3.82. The number of carboxylic acid groups (broad SMARTS) is 2. The molecule has 1 aromatic rings. The fourth-order valence-electron chi connectivity index (χ4n) is 1.29. The molecule has 0 unspecified atom stereocenters. The average molecular weight is 261 g/mol. The molecule has 0 aliphatic carbocycles. The molecule has 0 atom stereocenters. The molecular weight excluding hydrogens is 254 g/mol. The first-order valence-electron chi connectivity index (χ1n) is 4.96. The molecule has 0 amide bonds. The van der Waals surface area contributed by atoms with Crippen LogP contribution >= 0.6 is 0 Å². The van der Waals surface area contributed by atoms with Gasteiger partial charge in [-0.15, -0.1) is 0 Å². The van der Waals surface area contributed by atoms with Gasteiger partial charge in [0.2, 0.25) is 0 Å². The number of nitro groups is 1. The van der Waals surface area contributed by atoms with Crippen LogP contribution in [0.5, 0.6) is 0 Å². The summed E-state index contributed by atoms with van der Waals surface area (Å²) >= 11 is 0. The first-order chi connectivity index (χ1) is 8.90. The summed E-state index contributed by atoms with van der Waals surface area (Å²) in [5.41, 5.74) is -0.000650. The van der Waals surface area contributed by atoms with Crippen molar-refractivity contribution in [2.45, 2.75) is 0 Å². The van der Waals surface area contributed by atoms with Crippen LogP contribution in [-0.2, 0) is 9.59 Å². The van der Waals surface area contributed by atoms with Crippen molar-refractivity contribution in [3.05, 3.63) is 51.6 Å². The molecule has 19 heavy (non-hydrogen) atoms. The normalized spacial score (nSPS) is 10.9. The highest BCUT2D eigenvalue weighted by Crippen LogP contribution is 2.22. The van der Waals surface area contributed by atoms with Gasteiger partial charge >= 0.3 is 0 Å². The summed E-state index contributed by atoms with van der Waals surface area (Å²) in [7, 11) is 0. The van der Waals surface area contributed by atoms with Gasteiger partial charge in [-0.25, -0.2) is 0 Å². The van der Waals surface area contributed by atoms with Gasteiger partial charge in [-0.1, -0.05) is 12.1 Å². The van der Waals surface area contributed by atoms with E-state index < -0.39 is 16.9 Å². The lowest BCUT2D eigenvalue weighted by Crippen LogP contribution is -2.18. The summed E-state index contributed by atoms with van der Waals surface area (Å²) in [5, 5.41) is 31.3. The van der Waals surface area contributed by atoms with Crippen LogP contribution in [0.3, 0.4) is 0 Å². The molecule has 0 heterocycles. The molecule has 98 valence electrons. The molecule has 0 radical (unpaired) electrons. The van der Waals surface area contributed by atoms with Gasteiger partial charge in [0.25, 0.3) is 5.69 Å². The molecular formula is C12H7NO6-2. The molecule has 0 saturated carbocycles. The molecule has 0 aliphatic heterocycles. The molecule has 0 saturated heterocycles. The first kappa shape index (κ1) is 14.1. The Bertz CT molecular complexity index is 588. The molecule has 0 bridgehead atoms. The minimum Gasteiger partial charge on any atom is -0.545 e. The quantitative estimate of drug-likeness (QED) is 0.385. The maximum absolute atomic E-state index is 10.8. The topological polar surface area (TPSA) is 123 Å². The average Bonchev–Trinajstić information content (AvgIpc) is 2.33. The van der Waals surface area contributed by atoms with Gasteiger partial charge in [0.15, 0.2) is 0 Å². The number of carbonyl (C=O) groups excluding carboxylic acids is 2. The number of nitrogens with zero attached hydrogens (tertiary/aromatic N) is 1. The molecule has 7 nitrogen and oxygen atoms in total. The molecule has 0 N–H and O–H groups in total. The minimum absolute atomic E-state index is 0.0693. The van der Waals surface area contributed by atoms with Gasteiger partial charge in [-0.3, -0.25) is 10.1 Å². The fraction of sp³-hybridized carbons (Fsp3) is 0. The van der Waals surface area contributed by atoms with Crippen LogP contribution in [0.1, 0.15) is 11.1 Å². The molecule has 0 aromatic heterocycles. The van der Waals surface area contributed by atoms with Crippen molar-refractivity contribution in [1.29, 1.82) is 0 Å². The van der Waals surface area contributed by atoms with Crippen molar-refractivity contribution in [3.8, 4) is 0 Å². The molecule has 0 spiro atoms. The molecule has 1 aromatic carbocycles. The van der Waals surface area contributed by atoms with Crippen LogP contribution in [-0.4, -0.2) is 16.9 Å². The van der Waals surface area contributed by atoms with E-state index in [4.69, 9.17) is 0 Å². The van der Waals surface area contributed by atoms with Crippen LogP contribution < -0.4 is 10.2 Å². The predicted octanol–water partition coefficient (Wildman–Crippen LogP) is -0.879. The van der Waals surface area contributed by atoms with Crippen LogP contribution in [0, 0.1) is 10.1 Å². The number of rotatable bonds is 5. The van der Waals surface area contributed by atoms with Gasteiger partial charge in [-0.2, -0.15) is 0 Å². The van der Waals surface area contributed by atoms with E-state index in [2.05, 4.69) is 0 Å². The van der Waals surface area contributed by atoms with Crippen molar-refractivity contribution in [3.63, 3.8) is 0 Å². The second-order valence-electron chi connectivity index (χ2n) is 3.38. The van der Waals surface area contributed by atoms with Crippen molar-refractivity contribution in [1.82, 2.24) is 0 Å². The SMILES string of the molecule is O=C([O-])/C=C/c1ccc(/C=C/C(=O)[O-])c([N+](=O)[O-])c1. The smallest absolute Gasteiger partial charge is 0.277 e. The standard InChI is InChI=1S/C12H9NO6/c14-11(15)5-2-8-1-3-9(4-6-12(16)17)10(7-8)13(18)19/h1-7H,(H,14,15)(H,16,17)/p-2/b5-2+,6-4+. The van der Waals surface area contributed by atoms with Crippen LogP contribution in [0.25, 0.3) is 12.2 Å². The van der Waals surface area contributed by atoms with Crippen molar-refractivity contribution < 1.29 is 24.7 Å². The van der Waals surface area contributed by atoms with E-state index in [0.29, 0.717) is 6.08 Å². The third-order valence-corrected chi connectivity index (χ3v) is 2.06. The summed E-state index contributed by atoms with van der Waals surface area (Å²) < 4.78 is 0. The predicted molar refractivity (Wildman–Crippen MR) is 61.2 cm³/mol. The Morgan fingerprint density at radius 2 is 1.63 bits per heavy atom. The van der Waals surface area contributed by atoms with E-state index in [1.165, 1.54) is 12.1 Å². The van der Waals surface area contributed by atoms with E-state index in [9.17, 15) is 29.9 Å². The number of carboxylic acids is 2. The highest BCUT2D eigenvalue weighted by atomic mass is 16.6. The minimum atomic E-state index is -1.48. The zero-order chi connectivity index (χ0) is 14.4. The zero-order valence-corrected chi connectivity index (χ0v) is 9.44. The number of hydrogen-bond donors (Lipinski definition) is 0. The van der Waals surface area contributed by atoms with Gasteiger partial charge in [0.05, 0.1) is 22.4 Å². The summed E-state index contributed by atoms with van der Waals surface area (Å²) in [6.45, 7) is 0. The van der Waals surface area contributed by atoms with E-state index in [-0.39, 0.29) is 16.8 Å². The Labute approximate surface area is 107 Å². The van der Waals surface area contributed by atoms with E-state index in [1.54, 1.807) is 0 Å². The van der Waals surface area contributed by atoms with E-state index in [0.717, 1.165) is 24.3 Å². The largest absolute Gasteiger partial charge is 0.545 e. The van der Waals surface area contributed by atoms with Crippen LogP contribution in [0.15, 0.2) is 30.4 Å². The summed E-state index contributed by atoms with van der Waals surface area (Å²) in [6.07, 6.45) is 3.56. The van der Waals surface area contributed by atoms with Crippen molar-refractivity contribution >= 4 is 29.8 Å². The molecule has 7 heteroatoms. The van der Waals surface area contributed by atoms with Crippen LogP contribution in [0.2, 0.25) is 0 Å². The maximum atomic E-state index is 10.8. The Balaban J connectivity index is 3.18. The molecule has 0 aliphatic rings. The van der Waals surface area contributed by atoms with Gasteiger partial charge < -0.3 is 19.8 Å². The van der Waals surface area contributed by atoms with Gasteiger partial charge in [0, 0.05) is 6.07 Å². The second kappa shape index (κ2) is 6.10. The molecule has 1 rings (SSSR count). The van der Waals surface area contributed by atoms with Gasteiger partial charge in [0.1, 0.15) is 0 Å². The second-order valence-corrected chi connectivity index (χ2v) is 3.38. The lowest BCUT2D eigenvalue weighted by atomic mass is 10.1. The summed E-state index contributed by atoms with van der Waals surface area (Å²) in [5.74, 6) is -2.90. The highest BCUT2D eigenvalue weighted by molar-refractivity contribution is 5.86. The first-order valence-corrected chi connectivity index (χ1v) is 4.96. The third-order valence-electron chi connectivity index (χ3n) is 2.06. The number of hydrogen-bond acceptors (Lipinski definition) is 6. The Hall–Kier alpha value is -2.96. The monoisotopic (exact) mass is 261 g/mol. The Kier molecular flexibility index (Phi) is 4.53. The molecule has 0 fully saturated rings. The summed E-state index contributed by atoms with van der Waals surface area (Å²) in [4.78, 5) is 30.6. The number of carbonyl (C=O) groups is 2. The number of benzene rings is 1. The van der Waals surface area contributed by atoms with E-state index >= 15 is 0 Å². The number of aliphatic carboxylic acids is 2. The van der Waals surface area contributed by atoms with Crippen molar-refractivity contribution in [2.24, 2.45) is 0 Å². The van der Waals surface area contributed by atoms with Crippen molar-refractivity contribution in [2.75, 3.05) is 0 Å². The lowest BCUT2D eigenvalue weighted by Gasteiger charge is -2.00. The lowest BCUT2D eigenvalue weighted by molar-refractivity contribution is -0.385. The Morgan fingerprint density at radius 3 is 2.16 bits per heavy atom. The van der Waals surface area contributed by atoms with E-state index in [1.807, 2.05) is 0 Å².